The number of aromatic nitrogens is 1. The molecule has 4 nitrogen and oxygen atoms in total. The molecule has 1 heterocycles. The van der Waals surface area contributed by atoms with Crippen LogP contribution in [0.5, 0.6) is 5.75 Å². The van der Waals surface area contributed by atoms with E-state index in [-0.39, 0.29) is 5.69 Å². The molecule has 0 spiro atoms. The molecule has 0 aromatic carbocycles. The molecule has 0 unspecified atom stereocenters. The van der Waals surface area contributed by atoms with Crippen molar-refractivity contribution in [2.75, 3.05) is 13.7 Å². The van der Waals surface area contributed by atoms with Crippen molar-refractivity contribution in [2.45, 2.75) is 6.92 Å². The number of rotatable bonds is 3. The Morgan fingerprint density at radius 1 is 1.62 bits per heavy atom. The van der Waals surface area contributed by atoms with Gasteiger partial charge >= 0.3 is 5.97 Å². The fraction of sp³-hybridized carbons (Fsp3) is 0.333. The molecule has 0 aliphatic heterocycles. The van der Waals surface area contributed by atoms with E-state index in [9.17, 15) is 4.79 Å². The normalized spacial score (nSPS) is 9.38. The Bertz CT molecular complexity index is 299. The van der Waals surface area contributed by atoms with Gasteiger partial charge in [0, 0.05) is 6.20 Å². The van der Waals surface area contributed by atoms with Crippen molar-refractivity contribution in [3.63, 3.8) is 0 Å². The van der Waals surface area contributed by atoms with E-state index in [0.717, 1.165) is 0 Å². The van der Waals surface area contributed by atoms with E-state index < -0.39 is 5.97 Å². The number of hydrogen-bond acceptors (Lipinski definition) is 4. The van der Waals surface area contributed by atoms with Crippen LogP contribution in [0.4, 0.5) is 0 Å². The Morgan fingerprint density at radius 3 is 3.00 bits per heavy atom. The lowest BCUT2D eigenvalue weighted by molar-refractivity contribution is 0.0589. The van der Waals surface area contributed by atoms with Gasteiger partial charge in [-0.3, -0.25) is 0 Å². The van der Waals surface area contributed by atoms with Gasteiger partial charge in [-0.05, 0) is 19.1 Å². The summed E-state index contributed by atoms with van der Waals surface area (Å²) in [7, 11) is 1.31. The quantitative estimate of drug-likeness (QED) is 0.659. The van der Waals surface area contributed by atoms with Gasteiger partial charge in [0.25, 0.3) is 0 Å². The monoisotopic (exact) mass is 181 g/mol. The van der Waals surface area contributed by atoms with Gasteiger partial charge in [0.1, 0.15) is 0 Å². The van der Waals surface area contributed by atoms with Crippen LogP contribution in [0.15, 0.2) is 18.3 Å². The molecule has 13 heavy (non-hydrogen) atoms. The predicted octanol–water partition coefficient (Wildman–Crippen LogP) is 1.27. The van der Waals surface area contributed by atoms with Gasteiger partial charge in [0.05, 0.1) is 13.7 Å². The first-order valence-electron chi connectivity index (χ1n) is 3.95. The maximum Gasteiger partial charge on any atom is 0.360 e. The van der Waals surface area contributed by atoms with Gasteiger partial charge < -0.3 is 9.47 Å². The first-order chi connectivity index (χ1) is 6.29. The summed E-state index contributed by atoms with van der Waals surface area (Å²) in [6.45, 7) is 2.34. The van der Waals surface area contributed by atoms with Crippen molar-refractivity contribution < 1.29 is 14.3 Å². The summed E-state index contributed by atoms with van der Waals surface area (Å²) in [5, 5.41) is 0. The zero-order chi connectivity index (χ0) is 9.68. The van der Waals surface area contributed by atoms with Crippen LogP contribution in [0.1, 0.15) is 17.4 Å². The minimum absolute atomic E-state index is 0.215. The summed E-state index contributed by atoms with van der Waals surface area (Å²) < 4.78 is 9.74. The summed E-state index contributed by atoms with van der Waals surface area (Å²) in [5.41, 5.74) is 0.215. The molecule has 0 N–H and O–H groups in total. The fourth-order valence-corrected chi connectivity index (χ4v) is 0.912. The molecule has 1 rings (SSSR count). The predicted molar refractivity (Wildman–Crippen MR) is 46.7 cm³/mol. The molecular formula is C9H11NO3. The zero-order valence-corrected chi connectivity index (χ0v) is 7.61. The molecule has 0 fully saturated rings. The molecule has 0 aliphatic rings. The lowest BCUT2D eigenvalue weighted by Crippen LogP contribution is -2.07. The number of esters is 1. The smallest absolute Gasteiger partial charge is 0.360 e. The molecule has 0 bridgehead atoms. The molecule has 0 atom stereocenters. The van der Waals surface area contributed by atoms with Gasteiger partial charge in [0.2, 0.25) is 0 Å². The molecule has 0 amide bonds. The summed E-state index contributed by atoms with van der Waals surface area (Å²) in [6.07, 6.45) is 1.52. The van der Waals surface area contributed by atoms with Gasteiger partial charge in [-0.15, -0.1) is 0 Å². The second-order valence-corrected chi connectivity index (χ2v) is 2.27. The van der Waals surface area contributed by atoms with Crippen molar-refractivity contribution in [3.05, 3.63) is 24.0 Å². The topological polar surface area (TPSA) is 48.4 Å². The van der Waals surface area contributed by atoms with E-state index in [1.54, 1.807) is 12.1 Å². The summed E-state index contributed by atoms with van der Waals surface area (Å²) in [6, 6.07) is 3.39. The van der Waals surface area contributed by atoms with Crippen LogP contribution in [0.25, 0.3) is 0 Å². The van der Waals surface area contributed by atoms with Crippen molar-refractivity contribution >= 4 is 5.97 Å². The highest BCUT2D eigenvalue weighted by molar-refractivity contribution is 5.90. The standard InChI is InChI=1S/C9H11NO3/c1-3-13-7-5-4-6-10-8(7)9(11)12-2/h4-6H,3H2,1-2H3. The van der Waals surface area contributed by atoms with Crippen molar-refractivity contribution in [3.8, 4) is 5.75 Å². The van der Waals surface area contributed by atoms with Crippen molar-refractivity contribution in [1.29, 1.82) is 0 Å². The second kappa shape index (κ2) is 4.45. The van der Waals surface area contributed by atoms with Crippen LogP contribution in [0, 0.1) is 0 Å². The maximum atomic E-state index is 11.1. The minimum Gasteiger partial charge on any atom is -0.491 e. The average Bonchev–Trinajstić information content (AvgIpc) is 2.18. The molecule has 0 radical (unpaired) electrons. The fourth-order valence-electron chi connectivity index (χ4n) is 0.912. The largest absolute Gasteiger partial charge is 0.491 e. The Hall–Kier alpha value is -1.58. The van der Waals surface area contributed by atoms with Crippen LogP contribution >= 0.6 is 0 Å². The highest BCUT2D eigenvalue weighted by Crippen LogP contribution is 2.15. The van der Waals surface area contributed by atoms with E-state index in [4.69, 9.17) is 4.74 Å². The van der Waals surface area contributed by atoms with E-state index >= 15 is 0 Å². The summed E-state index contributed by atoms with van der Waals surface area (Å²) in [4.78, 5) is 15.0. The molecule has 4 heteroatoms. The lowest BCUT2D eigenvalue weighted by atomic mass is 10.3. The van der Waals surface area contributed by atoms with Crippen LogP contribution < -0.4 is 4.74 Å². The van der Waals surface area contributed by atoms with Crippen LogP contribution in [-0.4, -0.2) is 24.7 Å². The zero-order valence-electron chi connectivity index (χ0n) is 7.61. The third kappa shape index (κ3) is 2.18. The number of carbonyl (C=O) groups is 1. The molecule has 1 aromatic rings. The summed E-state index contributed by atoms with van der Waals surface area (Å²) in [5.74, 6) is -0.0269. The average molecular weight is 181 g/mol. The van der Waals surface area contributed by atoms with Crippen LogP contribution in [0.3, 0.4) is 0 Å². The van der Waals surface area contributed by atoms with E-state index in [1.165, 1.54) is 13.3 Å². The first kappa shape index (κ1) is 9.51. The Labute approximate surface area is 76.5 Å². The third-order valence-corrected chi connectivity index (χ3v) is 1.45. The van der Waals surface area contributed by atoms with E-state index in [0.29, 0.717) is 12.4 Å². The Morgan fingerprint density at radius 2 is 2.38 bits per heavy atom. The number of pyridine rings is 1. The molecule has 1 aromatic heterocycles. The molecule has 70 valence electrons. The maximum absolute atomic E-state index is 11.1. The van der Waals surface area contributed by atoms with Crippen LogP contribution in [-0.2, 0) is 4.74 Å². The highest BCUT2D eigenvalue weighted by Gasteiger charge is 2.13. The van der Waals surface area contributed by atoms with Crippen molar-refractivity contribution in [2.24, 2.45) is 0 Å². The number of methoxy groups -OCH3 is 1. The summed E-state index contributed by atoms with van der Waals surface area (Å²) >= 11 is 0. The minimum atomic E-state index is -0.482. The second-order valence-electron chi connectivity index (χ2n) is 2.27. The highest BCUT2D eigenvalue weighted by atomic mass is 16.5. The van der Waals surface area contributed by atoms with Gasteiger partial charge in [-0.2, -0.15) is 0 Å². The lowest BCUT2D eigenvalue weighted by Gasteiger charge is -2.06. The van der Waals surface area contributed by atoms with Gasteiger partial charge in [-0.25, -0.2) is 9.78 Å². The van der Waals surface area contributed by atoms with Crippen molar-refractivity contribution in [1.82, 2.24) is 4.98 Å². The number of carbonyl (C=O) groups excluding carboxylic acids is 1. The first-order valence-corrected chi connectivity index (χ1v) is 3.95. The van der Waals surface area contributed by atoms with Gasteiger partial charge in [0.15, 0.2) is 11.4 Å². The van der Waals surface area contributed by atoms with Crippen LogP contribution in [0.2, 0.25) is 0 Å². The number of hydrogen-bond donors (Lipinski definition) is 0. The van der Waals surface area contributed by atoms with Gasteiger partial charge in [-0.1, -0.05) is 0 Å². The molecular weight excluding hydrogens is 170 g/mol. The Balaban J connectivity index is 2.97. The molecule has 0 aliphatic carbocycles. The molecule has 0 saturated carbocycles. The number of ether oxygens (including phenoxy) is 2. The van der Waals surface area contributed by atoms with E-state index in [2.05, 4.69) is 9.72 Å². The Kier molecular flexibility index (Phi) is 3.25. The molecule has 0 saturated heterocycles. The van der Waals surface area contributed by atoms with E-state index in [1.807, 2.05) is 6.92 Å². The third-order valence-electron chi connectivity index (χ3n) is 1.45. The SMILES string of the molecule is CCOc1cccnc1C(=O)OC. The number of nitrogens with zero attached hydrogens (tertiary/aromatic N) is 1.